The first kappa shape index (κ1) is 27.0. The molecular formula is C18H39O4PZn. The van der Waals surface area contributed by atoms with Crippen molar-refractivity contribution in [1.82, 2.24) is 0 Å². The molecule has 24 heavy (non-hydrogen) atoms. The minimum Gasteiger partial charge on any atom is -0.302 e. The number of unbranched alkanes of at least 4 members (excludes halogenated alkanes) is 12. The Morgan fingerprint density at radius 2 is 0.917 bits per heavy atom. The standard InChI is InChI=1S/C18H39O4P.Zn/c1-3-5-7-9-11-13-15-17-21-23(19,20)22-18-16-14-12-10-8-6-4-2;/h3-18H2,1-2H3,(H,19,20);. The van der Waals surface area contributed by atoms with Crippen molar-refractivity contribution >= 4 is 7.82 Å². The molecule has 0 aromatic carbocycles. The molecule has 0 spiro atoms. The summed E-state index contributed by atoms with van der Waals surface area (Å²) in [6, 6.07) is 0. The zero-order valence-electron chi connectivity index (χ0n) is 16.1. The van der Waals surface area contributed by atoms with E-state index in [1.165, 1.54) is 64.2 Å². The summed E-state index contributed by atoms with van der Waals surface area (Å²) in [6.07, 6.45) is 16.3. The number of rotatable bonds is 18. The normalized spacial score (nSPS) is 11.5. The van der Waals surface area contributed by atoms with Crippen molar-refractivity contribution in [3.63, 3.8) is 0 Å². The van der Waals surface area contributed by atoms with Crippen molar-refractivity contribution in [2.24, 2.45) is 0 Å². The number of hydrogen-bond acceptors (Lipinski definition) is 3. The predicted octanol–water partition coefficient (Wildman–Crippen LogP) is 6.62. The molecule has 0 bridgehead atoms. The Morgan fingerprint density at radius 1 is 0.625 bits per heavy atom. The molecule has 0 saturated carbocycles. The fourth-order valence-electron chi connectivity index (χ4n) is 2.52. The van der Waals surface area contributed by atoms with Crippen LogP contribution in [0.4, 0.5) is 0 Å². The molecule has 0 amide bonds. The summed E-state index contributed by atoms with van der Waals surface area (Å²) < 4.78 is 21.7. The number of phosphoric acid groups is 1. The van der Waals surface area contributed by atoms with E-state index >= 15 is 0 Å². The maximum Gasteiger partial charge on any atom is 0.472 e. The van der Waals surface area contributed by atoms with Crippen molar-refractivity contribution in [2.45, 2.75) is 104 Å². The van der Waals surface area contributed by atoms with E-state index in [0.29, 0.717) is 13.2 Å². The Hall–Kier alpha value is 0.733. The Kier molecular flexibility index (Phi) is 22.5. The smallest absolute Gasteiger partial charge is 0.302 e. The van der Waals surface area contributed by atoms with Gasteiger partial charge in [0.2, 0.25) is 0 Å². The van der Waals surface area contributed by atoms with E-state index in [4.69, 9.17) is 9.05 Å². The summed E-state index contributed by atoms with van der Waals surface area (Å²) in [7, 11) is -3.82. The second-order valence-corrected chi connectivity index (χ2v) is 7.83. The zero-order valence-corrected chi connectivity index (χ0v) is 20.0. The third-order valence-electron chi connectivity index (χ3n) is 4.00. The molecule has 0 aliphatic rings. The van der Waals surface area contributed by atoms with Gasteiger partial charge in [-0.3, -0.25) is 9.05 Å². The third kappa shape index (κ3) is 20.8. The average Bonchev–Trinajstić information content (AvgIpc) is 2.52. The summed E-state index contributed by atoms with van der Waals surface area (Å²) in [5.74, 6) is 0. The molecule has 1 N–H and O–H groups in total. The second kappa shape index (κ2) is 20.1. The zero-order chi connectivity index (χ0) is 17.2. The van der Waals surface area contributed by atoms with Crippen LogP contribution in [-0.2, 0) is 33.1 Å². The van der Waals surface area contributed by atoms with E-state index in [1.54, 1.807) is 0 Å². The summed E-state index contributed by atoms with van der Waals surface area (Å²) in [5, 5.41) is 0. The van der Waals surface area contributed by atoms with Gasteiger partial charge in [0.1, 0.15) is 0 Å². The van der Waals surface area contributed by atoms with Crippen LogP contribution in [-0.4, -0.2) is 18.1 Å². The van der Waals surface area contributed by atoms with Crippen LogP contribution < -0.4 is 0 Å². The van der Waals surface area contributed by atoms with Crippen LogP contribution in [0.2, 0.25) is 0 Å². The Morgan fingerprint density at radius 3 is 1.25 bits per heavy atom. The van der Waals surface area contributed by atoms with Gasteiger partial charge in [0.05, 0.1) is 13.2 Å². The van der Waals surface area contributed by atoms with Crippen LogP contribution in [0.3, 0.4) is 0 Å². The van der Waals surface area contributed by atoms with Gasteiger partial charge in [-0.1, -0.05) is 90.9 Å². The van der Waals surface area contributed by atoms with Gasteiger partial charge < -0.3 is 4.89 Å². The van der Waals surface area contributed by atoms with Gasteiger partial charge in [-0.2, -0.15) is 0 Å². The molecule has 0 saturated heterocycles. The van der Waals surface area contributed by atoms with Gasteiger partial charge in [-0.15, -0.1) is 0 Å². The minimum absolute atomic E-state index is 0. The molecule has 6 heteroatoms. The average molecular weight is 416 g/mol. The van der Waals surface area contributed by atoms with Crippen LogP contribution >= 0.6 is 7.82 Å². The molecule has 0 rings (SSSR count). The van der Waals surface area contributed by atoms with Gasteiger partial charge >= 0.3 is 7.82 Å². The monoisotopic (exact) mass is 414 g/mol. The van der Waals surface area contributed by atoms with Crippen molar-refractivity contribution in [2.75, 3.05) is 13.2 Å². The third-order valence-corrected chi connectivity index (χ3v) is 5.02. The minimum atomic E-state index is -3.82. The van der Waals surface area contributed by atoms with Crippen LogP contribution in [0.5, 0.6) is 0 Å². The van der Waals surface area contributed by atoms with Crippen molar-refractivity contribution in [3.05, 3.63) is 0 Å². The SMILES string of the molecule is CCCCCCCCCOP(=O)(O)OCCCCCCCCC.[Zn]. The van der Waals surface area contributed by atoms with Crippen LogP contribution in [0, 0.1) is 0 Å². The largest absolute Gasteiger partial charge is 0.472 e. The molecular weight excluding hydrogens is 377 g/mol. The van der Waals surface area contributed by atoms with Gasteiger partial charge in [0.15, 0.2) is 0 Å². The summed E-state index contributed by atoms with van der Waals surface area (Å²) in [6.45, 7) is 5.05. The van der Waals surface area contributed by atoms with Crippen molar-refractivity contribution in [3.8, 4) is 0 Å². The van der Waals surface area contributed by atoms with Crippen LogP contribution in [0.25, 0.3) is 0 Å². The molecule has 0 fully saturated rings. The van der Waals surface area contributed by atoms with Gasteiger partial charge in [-0.05, 0) is 12.8 Å². The molecule has 4 nitrogen and oxygen atoms in total. The number of hydrogen-bond donors (Lipinski definition) is 1. The van der Waals surface area contributed by atoms with E-state index in [1.807, 2.05) is 0 Å². The van der Waals surface area contributed by atoms with E-state index in [2.05, 4.69) is 13.8 Å². The topological polar surface area (TPSA) is 55.8 Å². The molecule has 0 atom stereocenters. The fraction of sp³-hybridized carbons (Fsp3) is 1.00. The first-order valence-corrected chi connectivity index (χ1v) is 11.2. The summed E-state index contributed by atoms with van der Waals surface area (Å²) in [4.78, 5) is 9.57. The van der Waals surface area contributed by atoms with Crippen LogP contribution in [0.1, 0.15) is 104 Å². The van der Waals surface area contributed by atoms with E-state index in [9.17, 15) is 9.46 Å². The van der Waals surface area contributed by atoms with Crippen molar-refractivity contribution in [1.29, 1.82) is 0 Å². The second-order valence-electron chi connectivity index (χ2n) is 6.38. The molecule has 142 valence electrons. The molecule has 0 unspecified atom stereocenters. The molecule has 0 radical (unpaired) electrons. The van der Waals surface area contributed by atoms with Crippen molar-refractivity contribution < 1.29 is 38.0 Å². The van der Waals surface area contributed by atoms with Gasteiger partial charge in [0.25, 0.3) is 0 Å². The van der Waals surface area contributed by atoms with E-state index in [0.717, 1.165) is 25.7 Å². The van der Waals surface area contributed by atoms with Gasteiger partial charge in [-0.25, -0.2) is 4.57 Å². The quantitative estimate of drug-likeness (QED) is 0.155. The predicted molar refractivity (Wildman–Crippen MR) is 97.7 cm³/mol. The maximum atomic E-state index is 11.7. The van der Waals surface area contributed by atoms with Gasteiger partial charge in [0, 0.05) is 19.5 Å². The first-order chi connectivity index (χ1) is 11.1. The summed E-state index contributed by atoms with van der Waals surface area (Å²) >= 11 is 0. The Labute approximate surface area is 162 Å². The molecule has 0 aliphatic heterocycles. The number of phosphoric ester groups is 1. The molecule has 0 aliphatic carbocycles. The maximum absolute atomic E-state index is 11.7. The first-order valence-electron chi connectivity index (χ1n) is 9.74. The fourth-order valence-corrected chi connectivity index (χ4v) is 3.31. The molecule has 0 aromatic rings. The van der Waals surface area contributed by atoms with Crippen LogP contribution in [0.15, 0.2) is 0 Å². The van der Waals surface area contributed by atoms with E-state index < -0.39 is 7.82 Å². The summed E-state index contributed by atoms with van der Waals surface area (Å²) in [5.41, 5.74) is 0. The van der Waals surface area contributed by atoms with E-state index in [-0.39, 0.29) is 19.5 Å². The Balaban J connectivity index is 0. The molecule has 0 aromatic heterocycles. The molecule has 0 heterocycles. The Bertz CT molecular complexity index is 266.